The van der Waals surface area contributed by atoms with Crippen LogP contribution in [0.2, 0.25) is 5.02 Å². The standard InChI is InChI=1S/C20H14BrClN2O2/c21-15-8-4-13(5-9-15)19(25)23-17-2-1-3-18(12-17)24-20(26)14-6-10-16(22)11-7-14/h1-12H,(H,23,25)(H,24,26). The highest BCUT2D eigenvalue weighted by atomic mass is 79.9. The Morgan fingerprint density at radius 1 is 0.731 bits per heavy atom. The van der Waals surface area contributed by atoms with Crippen molar-refractivity contribution in [1.82, 2.24) is 0 Å². The molecular formula is C20H14BrClN2O2. The zero-order valence-corrected chi connectivity index (χ0v) is 15.8. The fourth-order valence-electron chi connectivity index (χ4n) is 2.28. The summed E-state index contributed by atoms with van der Waals surface area (Å²) in [5.41, 5.74) is 2.22. The van der Waals surface area contributed by atoms with Gasteiger partial charge in [0.2, 0.25) is 0 Å². The minimum atomic E-state index is -0.252. The molecule has 0 fully saturated rings. The predicted molar refractivity (Wildman–Crippen MR) is 108 cm³/mol. The summed E-state index contributed by atoms with van der Waals surface area (Å²) in [6.45, 7) is 0. The van der Waals surface area contributed by atoms with Gasteiger partial charge in [-0.3, -0.25) is 9.59 Å². The summed E-state index contributed by atoms with van der Waals surface area (Å²) in [5.74, 6) is -0.475. The molecule has 0 saturated heterocycles. The summed E-state index contributed by atoms with van der Waals surface area (Å²) in [5, 5.41) is 6.18. The largest absolute Gasteiger partial charge is 0.322 e. The first-order valence-electron chi connectivity index (χ1n) is 7.75. The van der Waals surface area contributed by atoms with Gasteiger partial charge in [0.25, 0.3) is 11.8 Å². The summed E-state index contributed by atoms with van der Waals surface area (Å²) < 4.78 is 0.904. The summed E-state index contributed by atoms with van der Waals surface area (Å²) >= 11 is 9.17. The number of anilines is 2. The highest BCUT2D eigenvalue weighted by Crippen LogP contribution is 2.18. The van der Waals surface area contributed by atoms with Crippen molar-refractivity contribution in [3.63, 3.8) is 0 Å². The van der Waals surface area contributed by atoms with Crippen LogP contribution in [0, 0.1) is 0 Å². The molecule has 0 aromatic heterocycles. The lowest BCUT2D eigenvalue weighted by atomic mass is 10.2. The van der Waals surface area contributed by atoms with Crippen LogP contribution >= 0.6 is 27.5 Å². The first-order chi connectivity index (χ1) is 12.5. The van der Waals surface area contributed by atoms with E-state index in [4.69, 9.17) is 11.6 Å². The SMILES string of the molecule is O=C(Nc1cccc(NC(=O)c2ccc(Br)cc2)c1)c1ccc(Cl)cc1. The number of amides is 2. The van der Waals surface area contributed by atoms with Crippen LogP contribution in [0.25, 0.3) is 0 Å². The smallest absolute Gasteiger partial charge is 0.255 e. The maximum absolute atomic E-state index is 12.3. The Morgan fingerprint density at radius 3 is 1.69 bits per heavy atom. The molecule has 2 N–H and O–H groups in total. The van der Waals surface area contributed by atoms with Gasteiger partial charge in [-0.05, 0) is 66.7 Å². The lowest BCUT2D eigenvalue weighted by Gasteiger charge is -2.09. The van der Waals surface area contributed by atoms with Crippen LogP contribution in [0.1, 0.15) is 20.7 Å². The van der Waals surface area contributed by atoms with Gasteiger partial charge < -0.3 is 10.6 Å². The van der Waals surface area contributed by atoms with Crippen LogP contribution in [0.15, 0.2) is 77.3 Å². The van der Waals surface area contributed by atoms with E-state index in [0.29, 0.717) is 27.5 Å². The molecular weight excluding hydrogens is 416 g/mol. The van der Waals surface area contributed by atoms with E-state index in [9.17, 15) is 9.59 Å². The minimum Gasteiger partial charge on any atom is -0.322 e. The molecule has 0 unspecified atom stereocenters. The highest BCUT2D eigenvalue weighted by molar-refractivity contribution is 9.10. The van der Waals surface area contributed by atoms with Gasteiger partial charge in [-0.2, -0.15) is 0 Å². The maximum atomic E-state index is 12.3. The van der Waals surface area contributed by atoms with Gasteiger partial charge in [-0.25, -0.2) is 0 Å². The molecule has 0 aliphatic rings. The number of halogens is 2. The molecule has 0 aliphatic carbocycles. The first kappa shape index (κ1) is 18.2. The topological polar surface area (TPSA) is 58.2 Å². The maximum Gasteiger partial charge on any atom is 0.255 e. The molecule has 0 saturated carbocycles. The Kier molecular flexibility index (Phi) is 5.71. The van der Waals surface area contributed by atoms with Crippen molar-refractivity contribution >= 4 is 50.7 Å². The van der Waals surface area contributed by atoms with E-state index in [2.05, 4.69) is 26.6 Å². The second-order valence-corrected chi connectivity index (χ2v) is 6.85. The zero-order chi connectivity index (χ0) is 18.5. The van der Waals surface area contributed by atoms with Crippen molar-refractivity contribution in [3.8, 4) is 0 Å². The van der Waals surface area contributed by atoms with Gasteiger partial charge in [0, 0.05) is 32.0 Å². The van der Waals surface area contributed by atoms with Gasteiger partial charge in [-0.1, -0.05) is 33.6 Å². The van der Waals surface area contributed by atoms with Crippen molar-refractivity contribution in [3.05, 3.63) is 93.4 Å². The Morgan fingerprint density at radius 2 is 1.19 bits per heavy atom. The van der Waals surface area contributed by atoms with E-state index in [1.165, 1.54) is 0 Å². The number of hydrogen-bond acceptors (Lipinski definition) is 2. The minimum absolute atomic E-state index is 0.223. The van der Waals surface area contributed by atoms with E-state index in [1.807, 2.05) is 0 Å². The number of carbonyl (C=O) groups excluding carboxylic acids is 2. The van der Waals surface area contributed by atoms with Crippen LogP contribution in [0.3, 0.4) is 0 Å². The third kappa shape index (κ3) is 4.71. The van der Waals surface area contributed by atoms with Crippen LogP contribution < -0.4 is 10.6 Å². The van der Waals surface area contributed by atoms with Gasteiger partial charge in [0.15, 0.2) is 0 Å². The van der Waals surface area contributed by atoms with Crippen molar-refractivity contribution < 1.29 is 9.59 Å². The highest BCUT2D eigenvalue weighted by Gasteiger charge is 2.09. The van der Waals surface area contributed by atoms with Crippen LogP contribution in [-0.4, -0.2) is 11.8 Å². The number of rotatable bonds is 4. The van der Waals surface area contributed by atoms with Crippen molar-refractivity contribution in [1.29, 1.82) is 0 Å². The lowest BCUT2D eigenvalue weighted by molar-refractivity contribution is 0.101. The fourth-order valence-corrected chi connectivity index (χ4v) is 2.67. The summed E-state index contributed by atoms with van der Waals surface area (Å²) in [7, 11) is 0. The number of benzene rings is 3. The summed E-state index contributed by atoms with van der Waals surface area (Å²) in [4.78, 5) is 24.6. The lowest BCUT2D eigenvalue weighted by Crippen LogP contribution is -2.14. The number of carbonyl (C=O) groups is 2. The molecule has 0 heterocycles. The second-order valence-electron chi connectivity index (χ2n) is 5.50. The second kappa shape index (κ2) is 8.17. The number of hydrogen-bond donors (Lipinski definition) is 2. The molecule has 3 rings (SSSR count). The van der Waals surface area contributed by atoms with Crippen LogP contribution in [0.5, 0.6) is 0 Å². The molecule has 3 aromatic rings. The zero-order valence-electron chi connectivity index (χ0n) is 13.5. The van der Waals surface area contributed by atoms with E-state index < -0.39 is 0 Å². The van der Waals surface area contributed by atoms with Crippen LogP contribution in [0.4, 0.5) is 11.4 Å². The fraction of sp³-hybridized carbons (Fsp3) is 0. The molecule has 130 valence electrons. The normalized spacial score (nSPS) is 10.2. The molecule has 2 amide bonds. The monoisotopic (exact) mass is 428 g/mol. The molecule has 0 radical (unpaired) electrons. The summed E-state index contributed by atoms with van der Waals surface area (Å²) in [6, 6.07) is 20.6. The van der Waals surface area contributed by atoms with E-state index in [1.54, 1.807) is 72.8 Å². The van der Waals surface area contributed by atoms with E-state index in [-0.39, 0.29) is 11.8 Å². The Hall–Kier alpha value is -2.63. The Bertz CT molecular complexity index is 866. The van der Waals surface area contributed by atoms with E-state index >= 15 is 0 Å². The molecule has 0 aliphatic heterocycles. The molecule has 0 atom stereocenters. The molecule has 3 aromatic carbocycles. The van der Waals surface area contributed by atoms with Gasteiger partial charge in [0.1, 0.15) is 0 Å². The first-order valence-corrected chi connectivity index (χ1v) is 8.92. The van der Waals surface area contributed by atoms with Gasteiger partial charge >= 0.3 is 0 Å². The van der Waals surface area contributed by atoms with Gasteiger partial charge in [-0.15, -0.1) is 0 Å². The average molecular weight is 430 g/mol. The Labute approximate surface area is 164 Å². The van der Waals surface area contributed by atoms with Gasteiger partial charge in [0.05, 0.1) is 0 Å². The molecule has 26 heavy (non-hydrogen) atoms. The van der Waals surface area contributed by atoms with Crippen molar-refractivity contribution in [2.24, 2.45) is 0 Å². The number of nitrogens with one attached hydrogen (secondary N) is 2. The molecule has 0 spiro atoms. The molecule has 4 nitrogen and oxygen atoms in total. The van der Waals surface area contributed by atoms with Crippen molar-refractivity contribution in [2.45, 2.75) is 0 Å². The average Bonchev–Trinajstić information content (AvgIpc) is 2.63. The van der Waals surface area contributed by atoms with Crippen LogP contribution in [-0.2, 0) is 0 Å². The van der Waals surface area contributed by atoms with E-state index in [0.717, 1.165) is 4.47 Å². The Balaban J connectivity index is 1.69. The summed E-state index contributed by atoms with van der Waals surface area (Å²) in [6.07, 6.45) is 0. The third-order valence-electron chi connectivity index (χ3n) is 3.59. The molecule has 6 heteroatoms. The third-order valence-corrected chi connectivity index (χ3v) is 4.37. The molecule has 0 bridgehead atoms. The predicted octanol–water partition coefficient (Wildman–Crippen LogP) is 5.61. The quantitative estimate of drug-likeness (QED) is 0.566. The van der Waals surface area contributed by atoms with Crippen molar-refractivity contribution in [2.75, 3.05) is 10.6 Å².